The van der Waals surface area contributed by atoms with Gasteiger partial charge in [0.05, 0.1) is 0 Å². The summed E-state index contributed by atoms with van der Waals surface area (Å²) < 4.78 is 0.300. The maximum atomic E-state index is 2.25. The van der Waals surface area contributed by atoms with Crippen LogP contribution in [0.3, 0.4) is 0 Å². The Morgan fingerprint density at radius 1 is 1.36 bits per heavy atom. The Morgan fingerprint density at radius 3 is 2.36 bits per heavy atom. The number of allylic oxidation sites excluding steroid dienone is 3. The van der Waals surface area contributed by atoms with Crippen LogP contribution in [0.4, 0.5) is 0 Å². The third-order valence-corrected chi connectivity index (χ3v) is 3.21. The predicted molar refractivity (Wildman–Crippen MR) is 53.7 cm³/mol. The lowest BCUT2D eigenvalue weighted by Gasteiger charge is -2.26. The van der Waals surface area contributed by atoms with E-state index in [0.29, 0.717) is 10.7 Å². The van der Waals surface area contributed by atoms with Crippen molar-refractivity contribution in [2.45, 2.75) is 32.4 Å². The van der Waals surface area contributed by atoms with E-state index in [1.54, 1.807) is 0 Å². The summed E-state index contributed by atoms with van der Waals surface area (Å²) in [6.07, 6.45) is 6.65. The van der Waals surface area contributed by atoms with Crippen LogP contribution in [0.25, 0.3) is 0 Å². The van der Waals surface area contributed by atoms with E-state index in [9.17, 15) is 0 Å². The summed E-state index contributed by atoms with van der Waals surface area (Å²) in [4.78, 5) is 1.50. The molecule has 0 fully saturated rings. The van der Waals surface area contributed by atoms with Crippen molar-refractivity contribution < 1.29 is 0 Å². The fraction of sp³-hybridized carbons (Fsp3) is 0.600. The molecular weight excluding hydrogens is 152 g/mol. The van der Waals surface area contributed by atoms with Crippen molar-refractivity contribution in [3.8, 4) is 0 Å². The maximum Gasteiger partial charge on any atom is 0.0329 e. The minimum atomic E-state index is 0.300. The molecule has 0 nitrogen and oxygen atoms in total. The first-order valence-electron chi connectivity index (χ1n) is 4.10. The molecule has 0 unspecified atom stereocenters. The summed E-state index contributed by atoms with van der Waals surface area (Å²) >= 11 is 1.97. The minimum Gasteiger partial charge on any atom is -0.120 e. The Bertz CT molecular complexity index is 197. The summed E-state index contributed by atoms with van der Waals surface area (Å²) in [5.41, 5.74) is 0. The molecule has 0 aliphatic carbocycles. The van der Waals surface area contributed by atoms with Crippen molar-refractivity contribution in [1.29, 1.82) is 0 Å². The van der Waals surface area contributed by atoms with Gasteiger partial charge in [-0.1, -0.05) is 32.1 Å². The van der Waals surface area contributed by atoms with E-state index in [0.717, 1.165) is 0 Å². The average molecular weight is 168 g/mol. The number of hydrogen-bond acceptors (Lipinski definition) is 1. The summed E-state index contributed by atoms with van der Waals surface area (Å²) in [5.74, 6) is 0.671. The lowest BCUT2D eigenvalue weighted by Crippen LogP contribution is -2.14. The number of rotatable bonds is 1. The first-order chi connectivity index (χ1) is 5.01. The van der Waals surface area contributed by atoms with E-state index in [-0.39, 0.29) is 0 Å². The zero-order chi connectivity index (χ0) is 8.48. The van der Waals surface area contributed by atoms with Crippen LogP contribution in [0.15, 0.2) is 23.1 Å². The highest BCUT2D eigenvalue weighted by Crippen LogP contribution is 2.39. The first kappa shape index (κ1) is 8.92. The second-order valence-corrected chi connectivity index (χ2v) is 5.52. The monoisotopic (exact) mass is 168 g/mol. The van der Waals surface area contributed by atoms with Crippen molar-refractivity contribution in [3.05, 3.63) is 23.1 Å². The number of hydrogen-bond donors (Lipinski definition) is 0. The molecule has 0 aromatic heterocycles. The molecule has 11 heavy (non-hydrogen) atoms. The van der Waals surface area contributed by atoms with E-state index in [2.05, 4.69) is 45.9 Å². The molecule has 0 aromatic rings. The molecule has 0 amide bonds. The van der Waals surface area contributed by atoms with Gasteiger partial charge < -0.3 is 0 Å². The van der Waals surface area contributed by atoms with Gasteiger partial charge in [-0.15, -0.1) is 11.8 Å². The molecule has 0 N–H and O–H groups in total. The maximum absolute atomic E-state index is 2.25. The lowest BCUT2D eigenvalue weighted by atomic mass is 10.1. The minimum absolute atomic E-state index is 0.300. The second kappa shape index (κ2) is 3.06. The lowest BCUT2D eigenvalue weighted by molar-refractivity contribution is 0.802. The second-order valence-electron chi connectivity index (χ2n) is 3.79. The van der Waals surface area contributed by atoms with Gasteiger partial charge in [0.15, 0.2) is 0 Å². The van der Waals surface area contributed by atoms with Gasteiger partial charge in [-0.05, 0) is 24.7 Å². The summed E-state index contributed by atoms with van der Waals surface area (Å²) in [5, 5.41) is 0. The zero-order valence-electron chi connectivity index (χ0n) is 7.72. The van der Waals surface area contributed by atoms with E-state index >= 15 is 0 Å². The summed E-state index contributed by atoms with van der Waals surface area (Å²) in [6.45, 7) is 9.00. The highest BCUT2D eigenvalue weighted by molar-refractivity contribution is 8.04. The van der Waals surface area contributed by atoms with Crippen molar-refractivity contribution in [2.75, 3.05) is 0 Å². The van der Waals surface area contributed by atoms with Gasteiger partial charge in [0.25, 0.3) is 0 Å². The fourth-order valence-electron chi connectivity index (χ4n) is 1.06. The van der Waals surface area contributed by atoms with Gasteiger partial charge >= 0.3 is 0 Å². The predicted octanol–water partition coefficient (Wildman–Crippen LogP) is 3.61. The Kier molecular flexibility index (Phi) is 2.48. The highest BCUT2D eigenvalue weighted by atomic mass is 32.2. The Morgan fingerprint density at radius 2 is 2.00 bits per heavy atom. The first-order valence-corrected chi connectivity index (χ1v) is 4.91. The van der Waals surface area contributed by atoms with E-state index in [1.165, 1.54) is 4.91 Å². The van der Waals surface area contributed by atoms with Gasteiger partial charge in [-0.25, -0.2) is 0 Å². The molecule has 0 spiro atoms. The molecule has 0 saturated carbocycles. The van der Waals surface area contributed by atoms with Crippen LogP contribution in [0, 0.1) is 5.92 Å². The van der Waals surface area contributed by atoms with E-state index < -0.39 is 0 Å². The molecule has 1 heterocycles. The molecular formula is C10H16S. The quantitative estimate of drug-likeness (QED) is 0.576. The smallest absolute Gasteiger partial charge is 0.0329 e. The van der Waals surface area contributed by atoms with Gasteiger partial charge in [0.1, 0.15) is 0 Å². The van der Waals surface area contributed by atoms with Crippen molar-refractivity contribution >= 4 is 11.8 Å². The Hall–Kier alpha value is -0.170. The molecule has 1 heteroatoms. The van der Waals surface area contributed by atoms with Crippen LogP contribution >= 0.6 is 11.8 Å². The number of thioether (sulfide) groups is 1. The van der Waals surface area contributed by atoms with Crippen LogP contribution in [0.5, 0.6) is 0 Å². The Labute approximate surface area is 73.8 Å². The van der Waals surface area contributed by atoms with Crippen LogP contribution < -0.4 is 0 Å². The van der Waals surface area contributed by atoms with Crippen LogP contribution in [0.1, 0.15) is 27.7 Å². The SMILES string of the molecule is CC(C)C1=CC=CC(C)(C)S1. The normalized spacial score (nSPS) is 22.1. The highest BCUT2D eigenvalue weighted by Gasteiger charge is 2.20. The molecule has 1 aliphatic rings. The molecule has 1 rings (SSSR count). The zero-order valence-corrected chi connectivity index (χ0v) is 8.53. The summed E-state index contributed by atoms with van der Waals surface area (Å²) in [7, 11) is 0. The Balaban J connectivity index is 2.73. The average Bonchev–Trinajstić information content (AvgIpc) is 1.85. The van der Waals surface area contributed by atoms with E-state index in [1.807, 2.05) is 11.8 Å². The molecule has 0 radical (unpaired) electrons. The van der Waals surface area contributed by atoms with Gasteiger partial charge in [-0.3, -0.25) is 0 Å². The van der Waals surface area contributed by atoms with Crippen LogP contribution in [-0.4, -0.2) is 4.75 Å². The van der Waals surface area contributed by atoms with Crippen LogP contribution in [-0.2, 0) is 0 Å². The van der Waals surface area contributed by atoms with Gasteiger partial charge in [-0.2, -0.15) is 0 Å². The largest absolute Gasteiger partial charge is 0.120 e. The standard InChI is InChI=1S/C10H16S/c1-8(2)9-6-5-7-10(3,4)11-9/h5-8H,1-4H3. The topological polar surface area (TPSA) is 0 Å². The fourth-order valence-corrected chi connectivity index (χ4v) is 2.19. The third kappa shape index (κ3) is 2.41. The van der Waals surface area contributed by atoms with E-state index in [4.69, 9.17) is 0 Å². The summed E-state index contributed by atoms with van der Waals surface area (Å²) in [6, 6.07) is 0. The molecule has 0 atom stereocenters. The molecule has 0 saturated heterocycles. The molecule has 0 aromatic carbocycles. The van der Waals surface area contributed by atoms with Crippen LogP contribution in [0.2, 0.25) is 0 Å². The van der Waals surface area contributed by atoms with Crippen molar-refractivity contribution in [3.63, 3.8) is 0 Å². The molecule has 1 aliphatic heterocycles. The van der Waals surface area contributed by atoms with Crippen molar-refractivity contribution in [2.24, 2.45) is 5.92 Å². The van der Waals surface area contributed by atoms with Gasteiger partial charge in [0.2, 0.25) is 0 Å². The molecule has 0 bridgehead atoms. The van der Waals surface area contributed by atoms with Gasteiger partial charge in [0, 0.05) is 4.75 Å². The van der Waals surface area contributed by atoms with Crippen molar-refractivity contribution in [1.82, 2.24) is 0 Å². The third-order valence-electron chi connectivity index (χ3n) is 1.71. The molecule has 62 valence electrons.